The monoisotopic (exact) mass is 284 g/mol. The van der Waals surface area contributed by atoms with Crippen LogP contribution in [0.1, 0.15) is 46.0 Å². The summed E-state index contributed by atoms with van der Waals surface area (Å²) in [4.78, 5) is 12.3. The lowest BCUT2D eigenvalue weighted by Gasteiger charge is -2.29. The minimum absolute atomic E-state index is 0.170. The molecule has 1 saturated carbocycles. The van der Waals surface area contributed by atoms with Crippen LogP contribution in [0.3, 0.4) is 0 Å². The fourth-order valence-corrected chi connectivity index (χ4v) is 2.72. The molecule has 2 unspecified atom stereocenters. The van der Waals surface area contributed by atoms with Crippen molar-refractivity contribution in [2.24, 2.45) is 5.92 Å². The van der Waals surface area contributed by atoms with E-state index in [1.807, 2.05) is 6.92 Å². The summed E-state index contributed by atoms with van der Waals surface area (Å²) >= 11 is 5.88. The van der Waals surface area contributed by atoms with E-state index in [1.54, 1.807) is 0 Å². The first-order valence-electron chi connectivity index (χ1n) is 7.02. The van der Waals surface area contributed by atoms with Crippen molar-refractivity contribution in [1.29, 1.82) is 0 Å². The molecule has 6 heteroatoms. The van der Waals surface area contributed by atoms with E-state index in [0.717, 1.165) is 12.3 Å². The van der Waals surface area contributed by atoms with Gasteiger partial charge in [0.25, 0.3) is 0 Å². The molecule has 1 fully saturated rings. The Morgan fingerprint density at radius 1 is 1.26 bits per heavy atom. The van der Waals surface area contributed by atoms with Gasteiger partial charge in [0, 0.05) is 6.04 Å². The average molecular weight is 285 g/mol. The van der Waals surface area contributed by atoms with E-state index in [9.17, 15) is 0 Å². The molecule has 1 aromatic rings. The van der Waals surface area contributed by atoms with Crippen LogP contribution in [0.15, 0.2) is 0 Å². The molecule has 1 aliphatic carbocycles. The van der Waals surface area contributed by atoms with Gasteiger partial charge in [-0.1, -0.05) is 26.2 Å². The Bertz CT molecular complexity index is 416. The van der Waals surface area contributed by atoms with Gasteiger partial charge in [0.15, 0.2) is 0 Å². The number of halogens is 1. The van der Waals surface area contributed by atoms with Crippen LogP contribution in [0.2, 0.25) is 5.28 Å². The Labute approximate surface area is 119 Å². The van der Waals surface area contributed by atoms with E-state index in [1.165, 1.54) is 25.7 Å². The van der Waals surface area contributed by atoms with E-state index < -0.39 is 0 Å². The number of anilines is 1. The number of nitrogens with one attached hydrogen (secondary N) is 1. The van der Waals surface area contributed by atoms with Crippen molar-refractivity contribution < 1.29 is 4.74 Å². The van der Waals surface area contributed by atoms with Gasteiger partial charge >= 0.3 is 6.01 Å². The van der Waals surface area contributed by atoms with Crippen molar-refractivity contribution in [3.8, 4) is 6.01 Å². The van der Waals surface area contributed by atoms with Crippen molar-refractivity contribution in [2.75, 3.05) is 11.9 Å². The van der Waals surface area contributed by atoms with Gasteiger partial charge in [0.2, 0.25) is 11.2 Å². The molecule has 0 saturated heterocycles. The first kappa shape index (κ1) is 14.3. The van der Waals surface area contributed by atoms with Crippen molar-refractivity contribution in [1.82, 2.24) is 15.0 Å². The zero-order chi connectivity index (χ0) is 13.7. The van der Waals surface area contributed by atoms with Gasteiger partial charge in [-0.15, -0.1) is 0 Å². The predicted molar refractivity (Wildman–Crippen MR) is 75.7 cm³/mol. The van der Waals surface area contributed by atoms with Crippen molar-refractivity contribution in [2.45, 2.75) is 52.0 Å². The molecule has 1 aliphatic rings. The van der Waals surface area contributed by atoms with E-state index >= 15 is 0 Å². The van der Waals surface area contributed by atoms with Crippen LogP contribution in [-0.2, 0) is 0 Å². The lowest BCUT2D eigenvalue weighted by Crippen LogP contribution is -2.28. The fraction of sp³-hybridized carbons (Fsp3) is 0.769. The van der Waals surface area contributed by atoms with Crippen LogP contribution in [0.25, 0.3) is 0 Å². The third kappa shape index (κ3) is 4.20. The summed E-state index contributed by atoms with van der Waals surface area (Å²) in [6, 6.07) is 0.708. The largest absolute Gasteiger partial charge is 0.464 e. The van der Waals surface area contributed by atoms with Crippen molar-refractivity contribution in [3.05, 3.63) is 5.28 Å². The minimum Gasteiger partial charge on any atom is -0.464 e. The molecule has 0 radical (unpaired) electrons. The molecule has 5 nitrogen and oxygen atoms in total. The maximum atomic E-state index is 5.88. The minimum atomic E-state index is 0.170. The Morgan fingerprint density at radius 2 is 2.11 bits per heavy atom. The van der Waals surface area contributed by atoms with E-state index in [0.29, 0.717) is 18.6 Å². The third-order valence-electron chi connectivity index (χ3n) is 3.55. The van der Waals surface area contributed by atoms with Gasteiger partial charge in [-0.25, -0.2) is 0 Å². The van der Waals surface area contributed by atoms with Gasteiger partial charge in [-0.3, -0.25) is 0 Å². The second-order valence-electron chi connectivity index (χ2n) is 4.93. The molecule has 1 aromatic heterocycles. The number of hydrogen-bond acceptors (Lipinski definition) is 5. The normalized spacial score (nSPS) is 23.1. The predicted octanol–water partition coefficient (Wildman–Crippen LogP) is 3.30. The van der Waals surface area contributed by atoms with Crippen LogP contribution < -0.4 is 10.1 Å². The molecule has 0 bridgehead atoms. The topological polar surface area (TPSA) is 59.9 Å². The molecular formula is C13H21ClN4O. The molecule has 0 amide bonds. The van der Waals surface area contributed by atoms with E-state index in [2.05, 4.69) is 27.2 Å². The second-order valence-corrected chi connectivity index (χ2v) is 5.26. The van der Waals surface area contributed by atoms with Crippen LogP contribution in [0.4, 0.5) is 5.95 Å². The first-order chi connectivity index (χ1) is 9.21. The number of ether oxygens (including phenoxy) is 1. The molecule has 2 atom stereocenters. The first-order valence-corrected chi connectivity index (χ1v) is 7.40. The maximum absolute atomic E-state index is 5.88. The summed E-state index contributed by atoms with van der Waals surface area (Å²) in [7, 11) is 0. The number of rotatable bonds is 5. The van der Waals surface area contributed by atoms with Gasteiger partial charge < -0.3 is 10.1 Å². The average Bonchev–Trinajstić information content (AvgIpc) is 2.38. The van der Waals surface area contributed by atoms with Crippen LogP contribution >= 0.6 is 11.6 Å². The Hall–Kier alpha value is -1.10. The van der Waals surface area contributed by atoms with Crippen molar-refractivity contribution >= 4 is 17.5 Å². The zero-order valence-corrected chi connectivity index (χ0v) is 12.3. The summed E-state index contributed by atoms with van der Waals surface area (Å²) in [6.45, 7) is 4.65. The highest BCUT2D eigenvalue weighted by Gasteiger charge is 2.21. The zero-order valence-electron chi connectivity index (χ0n) is 11.5. The van der Waals surface area contributed by atoms with Gasteiger partial charge in [0.1, 0.15) is 0 Å². The molecule has 19 heavy (non-hydrogen) atoms. The smallest absolute Gasteiger partial charge is 0.322 e. The summed E-state index contributed by atoms with van der Waals surface area (Å²) in [6.07, 6.45) is 6.15. The summed E-state index contributed by atoms with van der Waals surface area (Å²) in [5, 5.41) is 3.53. The fourth-order valence-electron chi connectivity index (χ4n) is 2.57. The van der Waals surface area contributed by atoms with E-state index in [-0.39, 0.29) is 11.3 Å². The van der Waals surface area contributed by atoms with Crippen LogP contribution in [-0.4, -0.2) is 27.6 Å². The summed E-state index contributed by atoms with van der Waals surface area (Å²) in [5.41, 5.74) is 0. The molecule has 1 N–H and O–H groups in total. The molecular weight excluding hydrogens is 264 g/mol. The Balaban J connectivity index is 2.01. The molecule has 2 rings (SSSR count). The quantitative estimate of drug-likeness (QED) is 0.899. The second kappa shape index (κ2) is 6.89. The molecule has 0 aromatic carbocycles. The summed E-state index contributed by atoms with van der Waals surface area (Å²) in [5.74, 6) is 1.32. The Kier molecular flexibility index (Phi) is 5.19. The Morgan fingerprint density at radius 3 is 2.84 bits per heavy atom. The third-order valence-corrected chi connectivity index (χ3v) is 3.72. The van der Waals surface area contributed by atoms with Gasteiger partial charge in [-0.05, 0) is 37.3 Å². The van der Waals surface area contributed by atoms with Crippen molar-refractivity contribution in [3.63, 3.8) is 0 Å². The van der Waals surface area contributed by atoms with Crippen LogP contribution in [0.5, 0.6) is 6.01 Å². The highest BCUT2D eigenvalue weighted by molar-refractivity contribution is 6.28. The van der Waals surface area contributed by atoms with Crippen LogP contribution in [0, 0.1) is 5.92 Å². The van der Waals surface area contributed by atoms with E-state index in [4.69, 9.17) is 16.3 Å². The molecule has 106 valence electrons. The lowest BCUT2D eigenvalue weighted by molar-refractivity contribution is 0.310. The number of aromatic nitrogens is 3. The standard InChI is InChI=1S/C13H21ClN4O/c1-3-9-6-5-7-10(8-9)15-12-16-11(14)17-13(18-12)19-4-2/h9-10H,3-8H2,1-2H3,(H,15,16,17,18). The lowest BCUT2D eigenvalue weighted by atomic mass is 9.84. The number of hydrogen-bond donors (Lipinski definition) is 1. The highest BCUT2D eigenvalue weighted by atomic mass is 35.5. The molecule has 1 heterocycles. The molecule has 0 spiro atoms. The highest BCUT2D eigenvalue weighted by Crippen LogP contribution is 2.28. The summed E-state index contributed by atoms with van der Waals surface area (Å²) < 4.78 is 5.27. The number of nitrogens with zero attached hydrogens (tertiary/aromatic N) is 3. The maximum Gasteiger partial charge on any atom is 0.322 e. The van der Waals surface area contributed by atoms with Gasteiger partial charge in [0.05, 0.1) is 6.61 Å². The van der Waals surface area contributed by atoms with Gasteiger partial charge in [-0.2, -0.15) is 15.0 Å². The SMILES string of the molecule is CCOc1nc(Cl)nc(NC2CCCC(CC)C2)n1. The molecule has 0 aliphatic heterocycles.